The van der Waals surface area contributed by atoms with Gasteiger partial charge in [-0.3, -0.25) is 4.72 Å². The molecule has 1 aromatic carbocycles. The predicted octanol–water partition coefficient (Wildman–Crippen LogP) is 2.66. The Balaban J connectivity index is 2.67. The third-order valence-corrected chi connectivity index (χ3v) is 3.70. The lowest BCUT2D eigenvalue weighted by Crippen LogP contribution is -2.19. The molecule has 0 aliphatic rings. The van der Waals surface area contributed by atoms with Gasteiger partial charge >= 0.3 is 6.18 Å². The predicted molar refractivity (Wildman–Crippen MR) is 68.3 cm³/mol. The highest BCUT2D eigenvalue weighted by Gasteiger charge is 2.27. The third kappa shape index (κ3) is 5.82. The zero-order valence-electron chi connectivity index (χ0n) is 10.3. The zero-order chi connectivity index (χ0) is 14.7. The van der Waals surface area contributed by atoms with Crippen LogP contribution in [-0.2, 0) is 10.0 Å². The van der Waals surface area contributed by atoms with Crippen molar-refractivity contribution in [2.24, 2.45) is 0 Å². The summed E-state index contributed by atoms with van der Waals surface area (Å²) in [6.07, 6.45) is -5.96. The molecule has 1 rings (SSSR count). The van der Waals surface area contributed by atoms with E-state index < -0.39 is 34.8 Å². The smallest absolute Gasteiger partial charge is 0.389 e. The van der Waals surface area contributed by atoms with Gasteiger partial charge in [0.25, 0.3) is 0 Å². The maximum Gasteiger partial charge on any atom is 0.389 e. The van der Waals surface area contributed by atoms with Crippen LogP contribution in [0.5, 0.6) is 0 Å². The number of anilines is 2. The van der Waals surface area contributed by atoms with Crippen molar-refractivity contribution in [1.82, 2.24) is 0 Å². The van der Waals surface area contributed by atoms with Crippen molar-refractivity contribution in [2.45, 2.75) is 25.9 Å². The number of nitrogens with two attached hydrogens (primary N) is 1. The van der Waals surface area contributed by atoms with Crippen LogP contribution in [0.3, 0.4) is 0 Å². The summed E-state index contributed by atoms with van der Waals surface area (Å²) >= 11 is 0. The summed E-state index contributed by atoms with van der Waals surface area (Å²) in [5.41, 5.74) is 6.80. The van der Waals surface area contributed by atoms with Crippen LogP contribution in [0.4, 0.5) is 24.5 Å². The summed E-state index contributed by atoms with van der Waals surface area (Å²) in [7, 11) is -3.83. The van der Waals surface area contributed by atoms with Crippen molar-refractivity contribution in [3.05, 3.63) is 23.8 Å². The van der Waals surface area contributed by atoms with Crippen LogP contribution < -0.4 is 10.5 Å². The quantitative estimate of drug-likeness (QED) is 0.820. The Morgan fingerprint density at radius 2 is 1.95 bits per heavy atom. The minimum atomic E-state index is -4.35. The molecular formula is C11H15F3N2O2S. The molecule has 0 unspecified atom stereocenters. The lowest BCUT2D eigenvalue weighted by molar-refractivity contribution is -0.134. The summed E-state index contributed by atoms with van der Waals surface area (Å²) in [6, 6.07) is 4.76. The number of rotatable bonds is 5. The van der Waals surface area contributed by atoms with Crippen LogP contribution in [0.2, 0.25) is 0 Å². The minimum Gasteiger partial charge on any atom is -0.397 e. The molecule has 0 radical (unpaired) electrons. The van der Waals surface area contributed by atoms with E-state index in [4.69, 9.17) is 5.73 Å². The monoisotopic (exact) mass is 296 g/mol. The average molecular weight is 296 g/mol. The van der Waals surface area contributed by atoms with Gasteiger partial charge in [-0.15, -0.1) is 0 Å². The van der Waals surface area contributed by atoms with Crippen LogP contribution in [-0.4, -0.2) is 20.3 Å². The first-order valence-corrected chi connectivity index (χ1v) is 7.18. The second kappa shape index (κ2) is 5.68. The number of nitrogen functional groups attached to an aromatic ring is 1. The number of benzene rings is 1. The van der Waals surface area contributed by atoms with E-state index in [1.54, 1.807) is 13.0 Å². The number of sulfonamides is 1. The van der Waals surface area contributed by atoms with Crippen LogP contribution in [0.15, 0.2) is 18.2 Å². The molecule has 0 heterocycles. The number of halogens is 3. The molecule has 0 saturated carbocycles. The van der Waals surface area contributed by atoms with Crippen LogP contribution in [0, 0.1) is 6.92 Å². The van der Waals surface area contributed by atoms with Crippen molar-refractivity contribution >= 4 is 21.4 Å². The maximum atomic E-state index is 11.9. The van der Waals surface area contributed by atoms with Gasteiger partial charge < -0.3 is 5.73 Å². The first kappa shape index (κ1) is 15.6. The summed E-state index contributed by atoms with van der Waals surface area (Å²) in [4.78, 5) is 0. The van der Waals surface area contributed by atoms with Gasteiger partial charge in [-0.25, -0.2) is 8.42 Å². The van der Waals surface area contributed by atoms with Crippen LogP contribution in [0.1, 0.15) is 18.4 Å². The highest BCUT2D eigenvalue weighted by atomic mass is 32.2. The van der Waals surface area contributed by atoms with E-state index in [-0.39, 0.29) is 11.4 Å². The standard InChI is InChI=1S/C11H15F3N2O2S/c1-8-3-4-9(15)10(7-8)16-19(17,18)6-2-5-11(12,13)14/h3-4,7,16H,2,5-6,15H2,1H3. The van der Waals surface area contributed by atoms with Crippen molar-refractivity contribution in [2.75, 3.05) is 16.2 Å². The van der Waals surface area contributed by atoms with Gasteiger partial charge in [-0.1, -0.05) is 6.07 Å². The number of hydrogen-bond acceptors (Lipinski definition) is 3. The molecule has 0 spiro atoms. The highest BCUT2D eigenvalue weighted by Crippen LogP contribution is 2.23. The first-order chi connectivity index (χ1) is 8.59. The zero-order valence-corrected chi connectivity index (χ0v) is 11.1. The van der Waals surface area contributed by atoms with Gasteiger partial charge in [0.1, 0.15) is 0 Å². The Hall–Kier alpha value is -1.44. The lowest BCUT2D eigenvalue weighted by Gasteiger charge is -2.11. The number of nitrogens with one attached hydrogen (secondary N) is 1. The second-order valence-corrected chi connectivity index (χ2v) is 6.07. The highest BCUT2D eigenvalue weighted by molar-refractivity contribution is 7.92. The molecule has 1 aromatic rings. The Labute approximate surface area is 109 Å². The first-order valence-electron chi connectivity index (χ1n) is 5.52. The van der Waals surface area contributed by atoms with Gasteiger partial charge in [-0.2, -0.15) is 13.2 Å². The molecule has 0 bridgehead atoms. The summed E-state index contributed by atoms with van der Waals surface area (Å²) in [5, 5.41) is 0. The van der Waals surface area contributed by atoms with Gasteiger partial charge in [-0.05, 0) is 31.0 Å². The molecule has 0 amide bonds. The Morgan fingerprint density at radius 3 is 2.53 bits per heavy atom. The summed E-state index contributed by atoms with van der Waals surface area (Å²) in [5.74, 6) is -0.597. The van der Waals surface area contributed by atoms with E-state index in [1.807, 2.05) is 0 Å². The van der Waals surface area contributed by atoms with Gasteiger partial charge in [0.05, 0.1) is 17.1 Å². The molecule has 0 aromatic heterocycles. The maximum absolute atomic E-state index is 11.9. The van der Waals surface area contributed by atoms with E-state index in [0.717, 1.165) is 5.56 Å². The molecule has 0 aliphatic carbocycles. The Bertz CT molecular complexity index is 541. The Morgan fingerprint density at radius 1 is 1.32 bits per heavy atom. The number of hydrogen-bond donors (Lipinski definition) is 2. The second-order valence-electron chi connectivity index (χ2n) is 4.23. The van der Waals surface area contributed by atoms with E-state index in [9.17, 15) is 21.6 Å². The Kier molecular flexibility index (Phi) is 4.67. The largest absolute Gasteiger partial charge is 0.397 e. The van der Waals surface area contributed by atoms with Crippen molar-refractivity contribution in [3.8, 4) is 0 Å². The minimum absolute atomic E-state index is 0.187. The molecule has 19 heavy (non-hydrogen) atoms. The van der Waals surface area contributed by atoms with E-state index in [2.05, 4.69) is 4.72 Å². The van der Waals surface area contributed by atoms with Gasteiger partial charge in [0.2, 0.25) is 10.0 Å². The molecule has 3 N–H and O–H groups in total. The fourth-order valence-electron chi connectivity index (χ4n) is 1.44. The average Bonchev–Trinajstić information content (AvgIpc) is 2.20. The van der Waals surface area contributed by atoms with E-state index in [0.29, 0.717) is 0 Å². The van der Waals surface area contributed by atoms with Crippen LogP contribution in [0.25, 0.3) is 0 Å². The van der Waals surface area contributed by atoms with Gasteiger partial charge in [0.15, 0.2) is 0 Å². The lowest BCUT2D eigenvalue weighted by atomic mass is 10.2. The number of aryl methyl sites for hydroxylation is 1. The molecule has 0 fully saturated rings. The molecule has 0 aliphatic heterocycles. The van der Waals surface area contributed by atoms with Crippen molar-refractivity contribution in [1.29, 1.82) is 0 Å². The molecule has 108 valence electrons. The fraction of sp³-hybridized carbons (Fsp3) is 0.455. The molecule has 8 heteroatoms. The molecule has 0 atom stereocenters. The normalized spacial score (nSPS) is 12.4. The molecule has 4 nitrogen and oxygen atoms in total. The van der Waals surface area contributed by atoms with Gasteiger partial charge in [0, 0.05) is 6.42 Å². The van der Waals surface area contributed by atoms with Crippen molar-refractivity contribution < 1.29 is 21.6 Å². The molecule has 0 saturated heterocycles. The SMILES string of the molecule is Cc1ccc(N)c(NS(=O)(=O)CCCC(F)(F)F)c1. The van der Waals surface area contributed by atoms with E-state index in [1.165, 1.54) is 12.1 Å². The van der Waals surface area contributed by atoms with Crippen LogP contribution >= 0.6 is 0 Å². The topological polar surface area (TPSA) is 72.2 Å². The van der Waals surface area contributed by atoms with E-state index >= 15 is 0 Å². The number of alkyl halides is 3. The summed E-state index contributed by atoms with van der Waals surface area (Å²) in [6.45, 7) is 1.75. The molecular weight excluding hydrogens is 281 g/mol. The van der Waals surface area contributed by atoms with Crippen molar-refractivity contribution in [3.63, 3.8) is 0 Å². The fourth-order valence-corrected chi connectivity index (χ4v) is 2.58. The summed E-state index contributed by atoms with van der Waals surface area (Å²) < 4.78 is 61.2. The third-order valence-electron chi connectivity index (χ3n) is 2.35.